The van der Waals surface area contributed by atoms with E-state index in [4.69, 9.17) is 4.74 Å². The van der Waals surface area contributed by atoms with Crippen molar-refractivity contribution in [3.05, 3.63) is 35.9 Å². The summed E-state index contributed by atoms with van der Waals surface area (Å²) < 4.78 is 5.91. The van der Waals surface area contributed by atoms with Crippen LogP contribution >= 0.6 is 0 Å². The lowest BCUT2D eigenvalue weighted by atomic mass is 10.1. The van der Waals surface area contributed by atoms with Crippen LogP contribution in [0, 0.1) is 0 Å². The Morgan fingerprint density at radius 2 is 1.78 bits per heavy atom. The lowest BCUT2D eigenvalue weighted by Gasteiger charge is -2.26. The lowest BCUT2D eigenvalue weighted by molar-refractivity contribution is -0.0290. The van der Waals surface area contributed by atoms with Crippen molar-refractivity contribution in [2.45, 2.75) is 46.3 Å². The first-order chi connectivity index (χ1) is 8.57. The predicted octanol–water partition coefficient (Wildman–Crippen LogP) is 3.71. The first kappa shape index (κ1) is 15.2. The molecule has 1 rings (SSSR count). The van der Waals surface area contributed by atoms with Crippen LogP contribution in [0.1, 0.15) is 39.7 Å². The van der Waals surface area contributed by atoms with E-state index in [1.807, 2.05) is 0 Å². The zero-order chi connectivity index (χ0) is 13.4. The van der Waals surface area contributed by atoms with Crippen LogP contribution in [0.5, 0.6) is 0 Å². The Balaban J connectivity index is 2.34. The summed E-state index contributed by atoms with van der Waals surface area (Å²) in [7, 11) is 0. The normalized spacial score (nSPS) is 12.1. The molecule has 1 aromatic carbocycles. The van der Waals surface area contributed by atoms with Gasteiger partial charge in [-0.25, -0.2) is 0 Å². The van der Waals surface area contributed by atoms with Gasteiger partial charge in [-0.1, -0.05) is 44.2 Å². The third-order valence-corrected chi connectivity index (χ3v) is 3.45. The van der Waals surface area contributed by atoms with Crippen LogP contribution in [0.25, 0.3) is 0 Å². The van der Waals surface area contributed by atoms with Gasteiger partial charge >= 0.3 is 0 Å². The summed E-state index contributed by atoms with van der Waals surface area (Å²) in [5.74, 6) is 0. The molecule has 2 nitrogen and oxygen atoms in total. The minimum Gasteiger partial charge on any atom is -0.374 e. The van der Waals surface area contributed by atoms with Crippen LogP contribution in [-0.4, -0.2) is 30.2 Å². The zero-order valence-corrected chi connectivity index (χ0v) is 12.3. The summed E-state index contributed by atoms with van der Waals surface area (Å²) in [5, 5.41) is 0. The number of likely N-dealkylation sites (N-methyl/N-ethyl adjacent to an activating group) is 1. The van der Waals surface area contributed by atoms with Gasteiger partial charge in [0, 0.05) is 13.1 Å². The van der Waals surface area contributed by atoms with Crippen LogP contribution in [0.4, 0.5) is 0 Å². The van der Waals surface area contributed by atoms with E-state index in [9.17, 15) is 0 Å². The van der Waals surface area contributed by atoms with Crippen LogP contribution in [0.2, 0.25) is 0 Å². The lowest BCUT2D eigenvalue weighted by Crippen LogP contribution is -2.31. The van der Waals surface area contributed by atoms with Crippen LogP contribution in [-0.2, 0) is 11.3 Å². The number of benzene rings is 1. The number of rotatable bonds is 8. The summed E-state index contributed by atoms with van der Waals surface area (Å²) in [6, 6.07) is 10.6. The third kappa shape index (κ3) is 5.65. The molecule has 0 N–H and O–H groups in total. The number of nitrogens with zero attached hydrogens (tertiary/aromatic N) is 1. The Morgan fingerprint density at radius 1 is 1.11 bits per heavy atom. The molecule has 0 radical (unpaired) electrons. The molecule has 102 valence electrons. The first-order valence-corrected chi connectivity index (χ1v) is 6.97. The molecule has 0 aliphatic rings. The fraction of sp³-hybridized carbons (Fsp3) is 0.625. The maximum absolute atomic E-state index is 5.91. The summed E-state index contributed by atoms with van der Waals surface area (Å²) >= 11 is 0. The first-order valence-electron chi connectivity index (χ1n) is 6.97. The Hall–Kier alpha value is -0.860. The van der Waals surface area contributed by atoms with E-state index in [1.54, 1.807) is 0 Å². The highest BCUT2D eigenvalue weighted by molar-refractivity contribution is 5.14. The van der Waals surface area contributed by atoms with E-state index in [0.717, 1.165) is 32.7 Å². The second-order valence-corrected chi connectivity index (χ2v) is 5.32. The molecule has 0 heterocycles. The summed E-state index contributed by atoms with van der Waals surface area (Å²) in [6.07, 6.45) is 1.05. The van der Waals surface area contributed by atoms with E-state index in [0.29, 0.717) is 0 Å². The molecule has 0 fully saturated rings. The molecule has 2 heteroatoms. The van der Waals surface area contributed by atoms with E-state index in [1.165, 1.54) is 5.56 Å². The average molecular weight is 249 g/mol. The highest BCUT2D eigenvalue weighted by atomic mass is 16.5. The van der Waals surface area contributed by atoms with Gasteiger partial charge in [-0.3, -0.25) is 4.90 Å². The third-order valence-electron chi connectivity index (χ3n) is 3.45. The van der Waals surface area contributed by atoms with Crippen molar-refractivity contribution in [1.82, 2.24) is 4.90 Å². The molecule has 0 aliphatic heterocycles. The van der Waals surface area contributed by atoms with Gasteiger partial charge in [0.15, 0.2) is 0 Å². The molecule has 0 bridgehead atoms. The number of ether oxygens (including phenoxy) is 1. The molecule has 0 aromatic heterocycles. The maximum Gasteiger partial charge on any atom is 0.0624 e. The Labute approximate surface area is 112 Å². The molecule has 0 aliphatic carbocycles. The van der Waals surface area contributed by atoms with Crippen molar-refractivity contribution >= 4 is 0 Å². The van der Waals surface area contributed by atoms with Crippen LogP contribution in [0.15, 0.2) is 30.3 Å². The molecule has 0 unspecified atom stereocenters. The monoisotopic (exact) mass is 249 g/mol. The molecular weight excluding hydrogens is 222 g/mol. The average Bonchev–Trinajstić information content (AvgIpc) is 2.38. The van der Waals surface area contributed by atoms with Crippen molar-refractivity contribution in [2.24, 2.45) is 0 Å². The Kier molecular flexibility index (Phi) is 6.37. The van der Waals surface area contributed by atoms with Crippen molar-refractivity contribution in [1.29, 1.82) is 0 Å². The fourth-order valence-electron chi connectivity index (χ4n) is 1.74. The molecule has 0 spiro atoms. The molecule has 0 saturated heterocycles. The summed E-state index contributed by atoms with van der Waals surface area (Å²) in [6.45, 7) is 12.5. The summed E-state index contributed by atoms with van der Waals surface area (Å²) in [4.78, 5) is 2.42. The second kappa shape index (κ2) is 7.55. The van der Waals surface area contributed by atoms with Crippen LogP contribution in [0.3, 0.4) is 0 Å². The molecule has 0 atom stereocenters. The minimum atomic E-state index is 0.00611. The van der Waals surface area contributed by atoms with E-state index >= 15 is 0 Å². The number of hydrogen-bond donors (Lipinski definition) is 0. The van der Waals surface area contributed by atoms with Crippen LogP contribution < -0.4 is 0 Å². The quantitative estimate of drug-likeness (QED) is 0.696. The van der Waals surface area contributed by atoms with Crippen molar-refractivity contribution in [3.8, 4) is 0 Å². The van der Waals surface area contributed by atoms with E-state index in [2.05, 4.69) is 62.9 Å². The second-order valence-electron chi connectivity index (χ2n) is 5.32. The smallest absolute Gasteiger partial charge is 0.0624 e. The fourth-order valence-corrected chi connectivity index (χ4v) is 1.74. The van der Waals surface area contributed by atoms with Gasteiger partial charge in [0.25, 0.3) is 0 Å². The Morgan fingerprint density at radius 3 is 2.33 bits per heavy atom. The standard InChI is InChI=1S/C16H27NO/c1-5-16(3,4)18-13-12-17(6-2)14-15-10-8-7-9-11-15/h7-11H,5-6,12-14H2,1-4H3. The largest absolute Gasteiger partial charge is 0.374 e. The van der Waals surface area contributed by atoms with Crippen molar-refractivity contribution in [2.75, 3.05) is 19.7 Å². The molecular formula is C16H27NO. The molecule has 0 amide bonds. The van der Waals surface area contributed by atoms with E-state index in [-0.39, 0.29) is 5.60 Å². The molecule has 1 aromatic rings. The zero-order valence-electron chi connectivity index (χ0n) is 12.3. The van der Waals surface area contributed by atoms with Gasteiger partial charge in [-0.05, 0) is 32.4 Å². The predicted molar refractivity (Wildman–Crippen MR) is 77.7 cm³/mol. The highest BCUT2D eigenvalue weighted by Crippen LogP contribution is 2.13. The topological polar surface area (TPSA) is 12.5 Å². The van der Waals surface area contributed by atoms with Gasteiger partial charge in [-0.15, -0.1) is 0 Å². The molecule has 0 saturated carbocycles. The van der Waals surface area contributed by atoms with E-state index < -0.39 is 0 Å². The SMILES string of the molecule is CCN(CCOC(C)(C)CC)Cc1ccccc1. The van der Waals surface area contributed by atoms with Gasteiger partial charge < -0.3 is 4.74 Å². The minimum absolute atomic E-state index is 0.00611. The van der Waals surface area contributed by atoms with Gasteiger partial charge in [-0.2, -0.15) is 0 Å². The molecule has 18 heavy (non-hydrogen) atoms. The van der Waals surface area contributed by atoms with Crippen molar-refractivity contribution < 1.29 is 4.74 Å². The Bertz CT molecular complexity index is 321. The van der Waals surface area contributed by atoms with Crippen molar-refractivity contribution in [3.63, 3.8) is 0 Å². The summed E-state index contributed by atoms with van der Waals surface area (Å²) in [5.41, 5.74) is 1.38. The van der Waals surface area contributed by atoms with Gasteiger partial charge in [0.05, 0.1) is 12.2 Å². The van der Waals surface area contributed by atoms with Gasteiger partial charge in [0.1, 0.15) is 0 Å². The highest BCUT2D eigenvalue weighted by Gasteiger charge is 2.15. The maximum atomic E-state index is 5.91. The van der Waals surface area contributed by atoms with Gasteiger partial charge in [0.2, 0.25) is 0 Å². The number of hydrogen-bond acceptors (Lipinski definition) is 2.